The number of ether oxygens (including phenoxy) is 1. The monoisotopic (exact) mass is 430 g/mol. The highest BCUT2D eigenvalue weighted by Crippen LogP contribution is 2.38. The molecule has 0 N–H and O–H groups in total. The quantitative estimate of drug-likeness (QED) is 0.286. The molecule has 134 valence electrons. The van der Waals surface area contributed by atoms with Crippen LogP contribution in [0.15, 0.2) is 76.2 Å². The Morgan fingerprint density at radius 2 is 1.88 bits per heavy atom. The molecule has 26 heavy (non-hydrogen) atoms. The highest BCUT2D eigenvalue weighted by atomic mass is 79.9. The summed E-state index contributed by atoms with van der Waals surface area (Å²) in [6.07, 6.45) is 2.62. The van der Waals surface area contributed by atoms with Crippen molar-refractivity contribution in [1.82, 2.24) is 4.41 Å². The summed E-state index contributed by atoms with van der Waals surface area (Å²) in [7, 11) is 1.60. The second-order valence-electron chi connectivity index (χ2n) is 5.76. The minimum absolute atomic E-state index is 0.330. The molecule has 0 saturated carbocycles. The summed E-state index contributed by atoms with van der Waals surface area (Å²) in [4.78, 5) is 12.0. The number of halogens is 1. The number of aldehydes is 1. The number of hydrogen-bond acceptors (Lipinski definition) is 4. The number of carbonyl (C=O) groups excluding carboxylic acids is 1. The lowest BCUT2D eigenvalue weighted by atomic mass is 10.2. The van der Waals surface area contributed by atoms with Crippen molar-refractivity contribution < 1.29 is 9.53 Å². The fraction of sp³-hybridized carbons (Fsp3) is 0.150. The summed E-state index contributed by atoms with van der Waals surface area (Å²) in [6, 6.07) is 18.1. The van der Waals surface area contributed by atoms with Crippen molar-refractivity contribution in [1.29, 1.82) is 0 Å². The topological polar surface area (TPSA) is 41.9 Å². The van der Waals surface area contributed by atoms with Gasteiger partial charge in [0, 0.05) is 11.9 Å². The highest BCUT2D eigenvalue weighted by molar-refractivity contribution is 9.21. The highest BCUT2D eigenvalue weighted by Gasteiger charge is 2.21. The number of rotatable bonds is 6. The molecule has 0 saturated heterocycles. The minimum atomic E-state index is -0.330. The minimum Gasteiger partial charge on any atom is -0.489 e. The number of benzene rings is 2. The van der Waals surface area contributed by atoms with E-state index in [1.54, 1.807) is 13.0 Å². The molecular weight excluding hydrogens is 412 g/mol. The van der Waals surface area contributed by atoms with Gasteiger partial charge in [0.2, 0.25) is 0 Å². The molecule has 2 aromatic carbocycles. The zero-order valence-corrected chi connectivity index (χ0v) is 17.0. The number of hydrazone groups is 1. The first kappa shape index (κ1) is 18.6. The summed E-state index contributed by atoms with van der Waals surface area (Å²) in [5, 5.41) is 4.53. The average Bonchev–Trinajstić information content (AvgIpc) is 2.94. The van der Waals surface area contributed by atoms with E-state index in [2.05, 4.69) is 33.2 Å². The first-order valence-electron chi connectivity index (χ1n) is 8.08. The predicted octanol–water partition coefficient (Wildman–Crippen LogP) is 4.78. The third-order valence-electron chi connectivity index (χ3n) is 3.73. The number of nitrogens with zero attached hydrogens (tertiary/aromatic N) is 2. The van der Waals surface area contributed by atoms with E-state index < -0.39 is 0 Å². The summed E-state index contributed by atoms with van der Waals surface area (Å²) >= 11 is 3.65. The molecule has 0 aliphatic carbocycles. The van der Waals surface area contributed by atoms with Crippen LogP contribution in [0.25, 0.3) is 0 Å². The van der Waals surface area contributed by atoms with Gasteiger partial charge >= 0.3 is 0 Å². The van der Waals surface area contributed by atoms with Crippen molar-refractivity contribution in [3.63, 3.8) is 0 Å². The number of hydrogen-bond donors (Lipinski definition) is 0. The molecule has 1 aliphatic rings. The Kier molecular flexibility index (Phi) is 6.06. The molecule has 6 heteroatoms. The Balaban J connectivity index is 1.75. The molecule has 0 spiro atoms. The maximum absolute atomic E-state index is 10.9. The van der Waals surface area contributed by atoms with Crippen molar-refractivity contribution in [2.24, 2.45) is 5.10 Å². The van der Waals surface area contributed by atoms with Crippen molar-refractivity contribution >= 4 is 42.4 Å². The predicted molar refractivity (Wildman–Crippen MR) is 112 cm³/mol. The second kappa shape index (κ2) is 8.47. The molecule has 1 unspecified atom stereocenters. The maximum atomic E-state index is 10.9. The van der Waals surface area contributed by atoms with Crippen LogP contribution in [0.1, 0.15) is 12.5 Å². The molecule has 1 heterocycles. The zero-order valence-electron chi connectivity index (χ0n) is 14.6. The van der Waals surface area contributed by atoms with Crippen LogP contribution in [0.2, 0.25) is 0 Å². The Hall–Kier alpha value is -2.18. The third kappa shape index (κ3) is 4.31. The van der Waals surface area contributed by atoms with E-state index in [4.69, 9.17) is 4.74 Å². The van der Waals surface area contributed by atoms with E-state index in [-0.39, 0.29) is 10.7 Å². The fourth-order valence-electron chi connectivity index (χ4n) is 2.44. The average molecular weight is 431 g/mol. The zero-order chi connectivity index (χ0) is 18.5. The lowest BCUT2D eigenvalue weighted by molar-refractivity contribution is -0.104. The molecule has 0 amide bonds. The molecular formula is C20H19BrN2O2S. The standard InChI is InChI=1S/C20H19BrN2O2S/c1-15(13-24)12-19-20(21)26(23(2)22-19)18-10-8-17(9-11-18)25-14-16-6-4-3-5-7-16/h3-13H,14H2,1-2H3. The van der Waals surface area contributed by atoms with E-state index in [0.29, 0.717) is 12.2 Å². The first-order chi connectivity index (χ1) is 12.6. The summed E-state index contributed by atoms with van der Waals surface area (Å²) in [6.45, 7) is 2.32. The Morgan fingerprint density at radius 3 is 2.54 bits per heavy atom. The van der Waals surface area contributed by atoms with E-state index in [0.717, 1.165) is 32.0 Å². The van der Waals surface area contributed by atoms with Crippen molar-refractivity contribution in [3.05, 3.63) is 71.8 Å². The molecule has 0 radical (unpaired) electrons. The van der Waals surface area contributed by atoms with Crippen LogP contribution in [-0.4, -0.2) is 27.2 Å². The molecule has 1 aliphatic heterocycles. The maximum Gasteiger partial charge on any atom is 0.145 e. The van der Waals surface area contributed by atoms with Gasteiger partial charge in [0.1, 0.15) is 24.4 Å². The first-order valence-corrected chi connectivity index (χ1v) is 10.1. The molecule has 0 aromatic heterocycles. The Morgan fingerprint density at radius 1 is 1.19 bits per heavy atom. The van der Waals surface area contributed by atoms with Crippen molar-refractivity contribution in [2.75, 3.05) is 7.05 Å². The van der Waals surface area contributed by atoms with Gasteiger partial charge in [-0.05, 0) is 75.0 Å². The van der Waals surface area contributed by atoms with Crippen LogP contribution in [0.3, 0.4) is 0 Å². The summed E-state index contributed by atoms with van der Waals surface area (Å²) < 4.78 is 8.73. The van der Waals surface area contributed by atoms with Crippen LogP contribution in [-0.2, 0) is 11.4 Å². The molecule has 2 aromatic rings. The number of carbonyl (C=O) groups is 1. The Labute approximate surface area is 164 Å². The summed E-state index contributed by atoms with van der Waals surface area (Å²) in [5.41, 5.74) is 2.56. The van der Waals surface area contributed by atoms with Crippen LogP contribution in [0, 0.1) is 0 Å². The van der Waals surface area contributed by atoms with E-state index in [1.807, 2.05) is 53.9 Å². The normalized spacial score (nSPS) is 17.3. The van der Waals surface area contributed by atoms with Gasteiger partial charge in [-0.25, -0.2) is 4.41 Å². The third-order valence-corrected chi connectivity index (χ3v) is 6.93. The lowest BCUT2D eigenvalue weighted by Crippen LogP contribution is -2.01. The van der Waals surface area contributed by atoms with Crippen LogP contribution >= 0.6 is 26.6 Å². The van der Waals surface area contributed by atoms with Crippen molar-refractivity contribution in [2.45, 2.75) is 18.4 Å². The van der Waals surface area contributed by atoms with Crippen LogP contribution in [0.4, 0.5) is 0 Å². The molecule has 0 fully saturated rings. The Bertz CT molecular complexity index is 890. The van der Waals surface area contributed by atoms with E-state index in [9.17, 15) is 4.79 Å². The van der Waals surface area contributed by atoms with Crippen LogP contribution < -0.4 is 4.74 Å². The largest absolute Gasteiger partial charge is 0.489 e. The van der Waals surface area contributed by atoms with E-state index >= 15 is 0 Å². The molecule has 4 nitrogen and oxygen atoms in total. The van der Waals surface area contributed by atoms with Crippen LogP contribution in [0.5, 0.6) is 5.75 Å². The van der Waals surface area contributed by atoms with Gasteiger partial charge in [-0.1, -0.05) is 30.3 Å². The van der Waals surface area contributed by atoms with Gasteiger partial charge in [-0.2, -0.15) is 5.10 Å². The SMILES string of the molecule is CC(C=O)=CC1=NN(C)S(c2ccc(OCc3ccccc3)cc2)=C1Br. The van der Waals surface area contributed by atoms with Gasteiger partial charge in [0.15, 0.2) is 0 Å². The van der Waals surface area contributed by atoms with Gasteiger partial charge < -0.3 is 4.74 Å². The molecule has 0 bridgehead atoms. The molecule has 1 atom stereocenters. The summed E-state index contributed by atoms with van der Waals surface area (Å²) in [5.74, 6) is 0.831. The van der Waals surface area contributed by atoms with Crippen molar-refractivity contribution in [3.8, 4) is 5.75 Å². The fourth-order valence-corrected chi connectivity index (χ4v) is 5.43. The molecule has 3 rings (SSSR count). The second-order valence-corrected chi connectivity index (χ2v) is 9.05. The van der Waals surface area contributed by atoms with Gasteiger partial charge in [0.25, 0.3) is 0 Å². The number of allylic oxidation sites excluding steroid dienone is 2. The van der Waals surface area contributed by atoms with Gasteiger partial charge in [-0.15, -0.1) is 0 Å². The van der Waals surface area contributed by atoms with Gasteiger partial charge in [0.05, 0.1) is 3.77 Å². The smallest absolute Gasteiger partial charge is 0.145 e. The van der Waals surface area contributed by atoms with Gasteiger partial charge in [-0.3, -0.25) is 4.79 Å². The van der Waals surface area contributed by atoms with E-state index in [1.165, 1.54) is 0 Å². The lowest BCUT2D eigenvalue weighted by Gasteiger charge is -2.15.